The smallest absolute Gasteiger partial charge is 0.326 e. The van der Waals surface area contributed by atoms with Gasteiger partial charge in [-0.1, -0.05) is 0 Å². The normalized spacial score (nSPS) is 22.9. The minimum atomic E-state index is -3.10. The number of nitrogens with one attached hydrogen (secondary N) is 2. The molecule has 0 spiro atoms. The van der Waals surface area contributed by atoms with Gasteiger partial charge in [0, 0.05) is 19.0 Å². The lowest BCUT2D eigenvalue weighted by atomic mass is 10.2. The van der Waals surface area contributed by atoms with Crippen molar-refractivity contribution in [3.8, 4) is 0 Å². The van der Waals surface area contributed by atoms with Crippen LogP contribution >= 0.6 is 11.8 Å². The molecular formula is C11H20N2O5S2. The highest BCUT2D eigenvalue weighted by atomic mass is 32.2. The van der Waals surface area contributed by atoms with Gasteiger partial charge in [0.15, 0.2) is 9.84 Å². The molecule has 9 heteroatoms. The summed E-state index contributed by atoms with van der Waals surface area (Å²) in [6.45, 7) is 0.328. The highest BCUT2D eigenvalue weighted by Crippen LogP contribution is 2.06. The lowest BCUT2D eigenvalue weighted by molar-refractivity contribution is -0.141. The second-order valence-electron chi connectivity index (χ2n) is 4.71. The molecule has 116 valence electrons. The van der Waals surface area contributed by atoms with Crippen molar-refractivity contribution in [3.63, 3.8) is 0 Å². The van der Waals surface area contributed by atoms with Crippen molar-refractivity contribution < 1.29 is 23.1 Å². The average molecular weight is 324 g/mol. The fourth-order valence-electron chi connectivity index (χ4n) is 1.97. The molecule has 1 amide bonds. The second kappa shape index (κ2) is 7.84. The molecule has 1 rings (SSSR count). The first-order valence-corrected chi connectivity index (χ1v) is 9.50. The van der Waals surface area contributed by atoms with Crippen LogP contribution in [0.5, 0.6) is 0 Å². The lowest BCUT2D eigenvalue weighted by Crippen LogP contribution is -2.49. The monoisotopic (exact) mass is 324 g/mol. The quantitative estimate of drug-likeness (QED) is 0.555. The number of thioether (sulfide) groups is 1. The van der Waals surface area contributed by atoms with E-state index in [4.69, 9.17) is 5.11 Å². The van der Waals surface area contributed by atoms with Crippen LogP contribution < -0.4 is 10.6 Å². The second-order valence-corrected chi connectivity index (χ2v) is 7.92. The number of aliphatic carboxylic acids is 1. The number of sulfone groups is 1. The zero-order valence-electron chi connectivity index (χ0n) is 11.3. The van der Waals surface area contributed by atoms with E-state index in [1.54, 1.807) is 0 Å². The topological polar surface area (TPSA) is 113 Å². The van der Waals surface area contributed by atoms with E-state index in [-0.39, 0.29) is 17.9 Å². The molecule has 0 bridgehead atoms. The number of hydrogen-bond acceptors (Lipinski definition) is 6. The van der Waals surface area contributed by atoms with Gasteiger partial charge in [-0.25, -0.2) is 13.2 Å². The molecule has 0 aromatic heterocycles. The molecule has 1 fully saturated rings. The fourth-order valence-corrected chi connectivity index (χ4v) is 3.88. The first-order chi connectivity index (χ1) is 9.34. The van der Waals surface area contributed by atoms with Crippen LogP contribution in [0.2, 0.25) is 0 Å². The number of carbonyl (C=O) groups is 2. The Morgan fingerprint density at radius 2 is 2.20 bits per heavy atom. The summed E-state index contributed by atoms with van der Waals surface area (Å²) in [4.78, 5) is 22.8. The number of carboxylic acid groups (broad SMARTS) is 1. The van der Waals surface area contributed by atoms with Gasteiger partial charge in [-0.2, -0.15) is 11.8 Å². The molecule has 0 saturated carbocycles. The predicted molar refractivity (Wildman–Crippen MR) is 77.6 cm³/mol. The van der Waals surface area contributed by atoms with Gasteiger partial charge in [0.1, 0.15) is 6.04 Å². The van der Waals surface area contributed by atoms with E-state index in [0.29, 0.717) is 18.7 Å². The van der Waals surface area contributed by atoms with Crippen LogP contribution in [0.25, 0.3) is 0 Å². The summed E-state index contributed by atoms with van der Waals surface area (Å²) < 4.78 is 22.9. The highest BCUT2D eigenvalue weighted by Gasteiger charge is 2.27. The van der Waals surface area contributed by atoms with Gasteiger partial charge in [0.25, 0.3) is 0 Å². The van der Waals surface area contributed by atoms with Crippen LogP contribution in [0.15, 0.2) is 0 Å². The van der Waals surface area contributed by atoms with Crippen LogP contribution in [0.4, 0.5) is 0 Å². The van der Waals surface area contributed by atoms with E-state index in [1.807, 2.05) is 6.26 Å². The van der Waals surface area contributed by atoms with Crippen molar-refractivity contribution in [1.82, 2.24) is 10.6 Å². The van der Waals surface area contributed by atoms with Crippen LogP contribution in [0, 0.1) is 0 Å². The predicted octanol–water partition coefficient (Wildman–Crippen LogP) is -0.914. The number of carboxylic acids is 1. The first-order valence-electron chi connectivity index (χ1n) is 6.29. The Morgan fingerprint density at radius 1 is 1.50 bits per heavy atom. The van der Waals surface area contributed by atoms with Crippen LogP contribution in [-0.2, 0) is 19.4 Å². The third-order valence-corrected chi connectivity index (χ3v) is 5.36. The summed E-state index contributed by atoms with van der Waals surface area (Å²) in [5.41, 5.74) is 0. The molecule has 0 radical (unpaired) electrons. The largest absolute Gasteiger partial charge is 0.480 e. The molecule has 1 aliphatic heterocycles. The molecular weight excluding hydrogens is 304 g/mol. The summed E-state index contributed by atoms with van der Waals surface area (Å²) in [6.07, 6.45) is 2.18. The first kappa shape index (κ1) is 17.3. The third kappa shape index (κ3) is 6.10. The van der Waals surface area contributed by atoms with Crippen LogP contribution in [0.3, 0.4) is 0 Å². The molecule has 1 aliphatic rings. The maximum Gasteiger partial charge on any atom is 0.326 e. The van der Waals surface area contributed by atoms with Crippen molar-refractivity contribution in [2.45, 2.75) is 24.9 Å². The molecule has 0 aliphatic carbocycles. The number of amides is 1. The van der Waals surface area contributed by atoms with E-state index < -0.39 is 33.8 Å². The minimum absolute atomic E-state index is 0.0255. The molecule has 0 aromatic carbocycles. The Labute approximate surface area is 122 Å². The van der Waals surface area contributed by atoms with Gasteiger partial charge in [0.05, 0.1) is 11.5 Å². The highest BCUT2D eigenvalue weighted by molar-refractivity contribution is 7.98. The van der Waals surface area contributed by atoms with Crippen LogP contribution in [0.1, 0.15) is 12.8 Å². The van der Waals surface area contributed by atoms with Crippen molar-refractivity contribution in [3.05, 3.63) is 0 Å². The van der Waals surface area contributed by atoms with Crippen molar-refractivity contribution in [2.75, 3.05) is 30.1 Å². The number of hydrogen-bond donors (Lipinski definition) is 3. The standard InChI is InChI=1S/C11H20N2O5S2/c1-19-4-2-9(11(15)16)13-10(14)6-8-7-20(17,18)5-3-12-8/h8-9,12H,2-7H2,1H3,(H,13,14)(H,15,16). The van der Waals surface area contributed by atoms with Crippen LogP contribution in [-0.4, -0.2) is 67.5 Å². The SMILES string of the molecule is CSCCC(NC(=O)CC1CS(=O)(=O)CCN1)C(=O)O. The van der Waals surface area contributed by atoms with Gasteiger partial charge in [-0.05, 0) is 18.4 Å². The maximum absolute atomic E-state index is 11.8. The zero-order chi connectivity index (χ0) is 15.2. The zero-order valence-corrected chi connectivity index (χ0v) is 12.9. The minimum Gasteiger partial charge on any atom is -0.480 e. The Hall–Kier alpha value is -0.800. The molecule has 3 N–H and O–H groups in total. The summed E-state index contributed by atoms with van der Waals surface area (Å²) in [6, 6.07) is -1.36. The van der Waals surface area contributed by atoms with Gasteiger partial charge >= 0.3 is 5.97 Å². The van der Waals surface area contributed by atoms with E-state index in [1.165, 1.54) is 11.8 Å². The maximum atomic E-state index is 11.8. The van der Waals surface area contributed by atoms with Gasteiger partial charge in [-0.15, -0.1) is 0 Å². The Balaban J connectivity index is 2.47. The summed E-state index contributed by atoms with van der Waals surface area (Å²) in [5, 5.41) is 14.4. The van der Waals surface area contributed by atoms with Crippen molar-refractivity contribution >= 4 is 33.5 Å². The summed E-state index contributed by atoms with van der Waals surface area (Å²) in [5.74, 6) is -0.878. The van der Waals surface area contributed by atoms with Gasteiger partial charge < -0.3 is 15.7 Å². The molecule has 2 atom stereocenters. The van der Waals surface area contributed by atoms with Gasteiger partial charge in [-0.3, -0.25) is 4.79 Å². The van der Waals surface area contributed by atoms with E-state index in [9.17, 15) is 18.0 Å². The van der Waals surface area contributed by atoms with Crippen molar-refractivity contribution in [2.24, 2.45) is 0 Å². The number of rotatable bonds is 7. The molecule has 20 heavy (non-hydrogen) atoms. The van der Waals surface area contributed by atoms with E-state index in [0.717, 1.165) is 0 Å². The van der Waals surface area contributed by atoms with E-state index >= 15 is 0 Å². The molecule has 0 aromatic rings. The Kier molecular flexibility index (Phi) is 6.77. The Morgan fingerprint density at radius 3 is 2.75 bits per heavy atom. The molecule has 2 unspecified atom stereocenters. The third-order valence-electron chi connectivity index (χ3n) is 2.98. The van der Waals surface area contributed by atoms with E-state index in [2.05, 4.69) is 10.6 Å². The molecule has 1 saturated heterocycles. The van der Waals surface area contributed by atoms with Gasteiger partial charge in [0.2, 0.25) is 5.91 Å². The summed E-state index contributed by atoms with van der Waals surface area (Å²) in [7, 11) is -3.10. The Bertz CT molecular complexity index is 452. The lowest BCUT2D eigenvalue weighted by Gasteiger charge is -2.24. The fraction of sp³-hybridized carbons (Fsp3) is 0.818. The van der Waals surface area contributed by atoms with Crippen molar-refractivity contribution in [1.29, 1.82) is 0 Å². The summed E-state index contributed by atoms with van der Waals surface area (Å²) >= 11 is 1.50. The molecule has 1 heterocycles. The molecule has 7 nitrogen and oxygen atoms in total. The average Bonchev–Trinajstić information content (AvgIpc) is 2.32. The number of carbonyl (C=O) groups excluding carboxylic acids is 1.